The molecule has 9 heteroatoms. The van der Waals surface area contributed by atoms with Gasteiger partial charge in [0.15, 0.2) is 0 Å². The minimum absolute atomic E-state index is 0.0521. The summed E-state index contributed by atoms with van der Waals surface area (Å²) >= 11 is 0. The zero-order chi connectivity index (χ0) is 28.4. The van der Waals surface area contributed by atoms with Crippen molar-refractivity contribution in [1.29, 1.82) is 0 Å². The maximum Gasteiger partial charge on any atom is 0.244 e. The van der Waals surface area contributed by atoms with Crippen LogP contribution in [0.4, 0.5) is 5.69 Å². The molecule has 0 heterocycles. The molecule has 208 valence electrons. The molecule has 0 aromatic heterocycles. The van der Waals surface area contributed by atoms with Crippen molar-refractivity contribution in [1.82, 2.24) is 10.2 Å². The van der Waals surface area contributed by atoms with E-state index in [-0.39, 0.29) is 18.5 Å². The minimum Gasteiger partial charge on any atom is -0.489 e. The Morgan fingerprint density at radius 2 is 1.44 bits per heavy atom. The number of carbonyl (C=O) groups is 2. The third-order valence-corrected chi connectivity index (χ3v) is 7.56. The molecule has 3 aromatic carbocycles. The Hall–Kier alpha value is -3.85. The summed E-state index contributed by atoms with van der Waals surface area (Å²) in [7, 11) is -3.81. The first-order valence-corrected chi connectivity index (χ1v) is 14.8. The van der Waals surface area contributed by atoms with Gasteiger partial charge in [0.1, 0.15) is 24.9 Å². The quantitative estimate of drug-likeness (QED) is 0.341. The zero-order valence-electron chi connectivity index (χ0n) is 22.9. The number of nitrogens with zero attached hydrogens (tertiary/aromatic N) is 2. The monoisotopic (exact) mass is 551 g/mol. The number of hydrogen-bond donors (Lipinski definition) is 1. The Kier molecular flexibility index (Phi) is 10.5. The van der Waals surface area contributed by atoms with E-state index in [1.165, 1.54) is 4.90 Å². The van der Waals surface area contributed by atoms with Crippen molar-refractivity contribution >= 4 is 27.5 Å². The van der Waals surface area contributed by atoms with Gasteiger partial charge in [-0.25, -0.2) is 8.42 Å². The summed E-state index contributed by atoms with van der Waals surface area (Å²) in [5, 5.41) is 2.92. The predicted molar refractivity (Wildman–Crippen MR) is 154 cm³/mol. The molecule has 0 saturated carbocycles. The van der Waals surface area contributed by atoms with E-state index in [1.54, 1.807) is 31.2 Å². The van der Waals surface area contributed by atoms with E-state index in [9.17, 15) is 18.0 Å². The molecule has 0 aliphatic rings. The summed E-state index contributed by atoms with van der Waals surface area (Å²) in [6.45, 7) is 5.61. The molecule has 2 atom stereocenters. The van der Waals surface area contributed by atoms with E-state index >= 15 is 0 Å². The van der Waals surface area contributed by atoms with Gasteiger partial charge in [0.2, 0.25) is 21.8 Å². The first-order valence-electron chi connectivity index (χ1n) is 13.0. The maximum atomic E-state index is 13.6. The highest BCUT2D eigenvalue weighted by Crippen LogP contribution is 2.23. The fourth-order valence-corrected chi connectivity index (χ4v) is 4.74. The van der Waals surface area contributed by atoms with Crippen LogP contribution < -0.4 is 14.4 Å². The van der Waals surface area contributed by atoms with E-state index in [2.05, 4.69) is 5.32 Å². The van der Waals surface area contributed by atoms with Crippen LogP contribution in [0.15, 0.2) is 84.9 Å². The highest BCUT2D eigenvalue weighted by Gasteiger charge is 2.30. The molecule has 0 aliphatic carbocycles. The van der Waals surface area contributed by atoms with Crippen molar-refractivity contribution in [2.24, 2.45) is 0 Å². The van der Waals surface area contributed by atoms with Gasteiger partial charge in [-0.15, -0.1) is 0 Å². The lowest BCUT2D eigenvalue weighted by molar-refractivity contribution is -0.139. The molecule has 1 N–H and O–H groups in total. The fourth-order valence-electron chi connectivity index (χ4n) is 3.89. The fraction of sp³-hybridized carbons (Fsp3) is 0.333. The van der Waals surface area contributed by atoms with E-state index in [4.69, 9.17) is 4.74 Å². The second kappa shape index (κ2) is 13.8. The number of hydrogen-bond acceptors (Lipinski definition) is 5. The molecule has 0 unspecified atom stereocenters. The summed E-state index contributed by atoms with van der Waals surface area (Å²) in [5.74, 6) is -0.205. The molecule has 39 heavy (non-hydrogen) atoms. The standard InChI is InChI=1S/C30H37N3O5S/c1-5-23(2)31-30(35)24(3)32(20-25-12-8-6-9-13-25)29(34)21-33(39(4,36)37)27-16-18-28(19-17-27)38-22-26-14-10-7-11-15-26/h6-19,23-24H,5,20-22H2,1-4H3,(H,31,35)/t23-,24-/m1/s1. The molecule has 3 rings (SSSR count). The van der Waals surface area contributed by atoms with E-state index in [0.29, 0.717) is 18.0 Å². The highest BCUT2D eigenvalue weighted by molar-refractivity contribution is 7.92. The molecule has 0 radical (unpaired) electrons. The largest absolute Gasteiger partial charge is 0.489 e. The number of ether oxygens (including phenoxy) is 1. The Bertz CT molecular complexity index is 1320. The van der Waals surface area contributed by atoms with E-state index in [0.717, 1.165) is 28.1 Å². The van der Waals surface area contributed by atoms with E-state index < -0.39 is 28.5 Å². The lowest BCUT2D eigenvalue weighted by atomic mass is 10.1. The molecule has 0 bridgehead atoms. The summed E-state index contributed by atoms with van der Waals surface area (Å²) in [4.78, 5) is 28.0. The molecule has 2 amide bonds. The van der Waals surface area contributed by atoms with Crippen LogP contribution in [0.3, 0.4) is 0 Å². The molecule has 0 fully saturated rings. The Morgan fingerprint density at radius 3 is 1.97 bits per heavy atom. The molecule has 8 nitrogen and oxygen atoms in total. The topological polar surface area (TPSA) is 96.0 Å². The Balaban J connectivity index is 1.80. The van der Waals surface area contributed by atoms with Crippen LogP contribution in [-0.4, -0.2) is 50.0 Å². The molecule has 3 aromatic rings. The van der Waals surface area contributed by atoms with Crippen LogP contribution in [-0.2, 0) is 32.8 Å². The average Bonchev–Trinajstić information content (AvgIpc) is 2.93. The van der Waals surface area contributed by atoms with Gasteiger partial charge in [0, 0.05) is 12.6 Å². The van der Waals surface area contributed by atoms with Crippen molar-refractivity contribution in [3.8, 4) is 5.75 Å². The van der Waals surface area contributed by atoms with Gasteiger partial charge in [0.05, 0.1) is 11.9 Å². The SMILES string of the molecule is CC[C@@H](C)NC(=O)[C@@H](C)N(Cc1ccccc1)C(=O)CN(c1ccc(OCc2ccccc2)cc1)S(C)(=O)=O. The highest BCUT2D eigenvalue weighted by atomic mass is 32.2. The van der Waals surface area contributed by atoms with Gasteiger partial charge in [-0.1, -0.05) is 67.6 Å². The lowest BCUT2D eigenvalue weighted by Gasteiger charge is -2.32. The van der Waals surface area contributed by atoms with Gasteiger partial charge in [-0.3, -0.25) is 13.9 Å². The second-order valence-electron chi connectivity index (χ2n) is 9.54. The predicted octanol–water partition coefficient (Wildman–Crippen LogP) is 4.36. The van der Waals surface area contributed by atoms with Crippen molar-refractivity contribution in [2.45, 2.75) is 52.4 Å². The minimum atomic E-state index is -3.81. The van der Waals surface area contributed by atoms with E-state index in [1.807, 2.05) is 74.5 Å². The summed E-state index contributed by atoms with van der Waals surface area (Å²) in [5.41, 5.74) is 2.17. The first kappa shape index (κ1) is 29.7. The normalized spacial score (nSPS) is 12.7. The van der Waals surface area contributed by atoms with Gasteiger partial charge in [0.25, 0.3) is 0 Å². The van der Waals surface area contributed by atoms with Crippen LogP contribution in [0, 0.1) is 0 Å². The molecule has 0 saturated heterocycles. The molecular weight excluding hydrogens is 514 g/mol. The number of benzene rings is 3. The third-order valence-electron chi connectivity index (χ3n) is 6.42. The van der Waals surface area contributed by atoms with Crippen LogP contribution >= 0.6 is 0 Å². The van der Waals surface area contributed by atoms with Crippen molar-refractivity contribution in [3.05, 3.63) is 96.1 Å². The van der Waals surface area contributed by atoms with Crippen molar-refractivity contribution in [3.63, 3.8) is 0 Å². The number of rotatable bonds is 13. The maximum absolute atomic E-state index is 13.6. The van der Waals surface area contributed by atoms with Crippen LogP contribution in [0.1, 0.15) is 38.3 Å². The average molecular weight is 552 g/mol. The molecular formula is C30H37N3O5S. The number of carbonyl (C=O) groups excluding carboxylic acids is 2. The Morgan fingerprint density at radius 1 is 0.872 bits per heavy atom. The number of anilines is 1. The Labute approximate surface area is 231 Å². The van der Waals surface area contributed by atoms with Crippen molar-refractivity contribution < 1.29 is 22.7 Å². The van der Waals surface area contributed by atoms with Gasteiger partial charge in [-0.2, -0.15) is 0 Å². The molecule has 0 aliphatic heterocycles. The first-order chi connectivity index (χ1) is 18.6. The number of sulfonamides is 1. The van der Waals surface area contributed by atoms with Crippen molar-refractivity contribution in [2.75, 3.05) is 17.1 Å². The van der Waals surface area contributed by atoms with Crippen LogP contribution in [0.2, 0.25) is 0 Å². The summed E-state index contributed by atoms with van der Waals surface area (Å²) in [6.07, 6.45) is 1.80. The lowest BCUT2D eigenvalue weighted by Crippen LogP contribution is -2.52. The summed E-state index contributed by atoms with van der Waals surface area (Å²) < 4.78 is 32.4. The van der Waals surface area contributed by atoms with Gasteiger partial charge >= 0.3 is 0 Å². The number of amides is 2. The van der Waals surface area contributed by atoms with Crippen LogP contribution in [0.5, 0.6) is 5.75 Å². The summed E-state index contributed by atoms with van der Waals surface area (Å²) in [6, 6.07) is 24.7. The van der Waals surface area contributed by atoms with Gasteiger partial charge in [-0.05, 0) is 55.7 Å². The third kappa shape index (κ3) is 8.85. The van der Waals surface area contributed by atoms with Crippen LogP contribution in [0.25, 0.3) is 0 Å². The zero-order valence-corrected chi connectivity index (χ0v) is 23.7. The smallest absolute Gasteiger partial charge is 0.244 e. The van der Waals surface area contributed by atoms with Gasteiger partial charge < -0.3 is 15.0 Å². The second-order valence-corrected chi connectivity index (χ2v) is 11.4. The number of nitrogens with one attached hydrogen (secondary N) is 1. The molecule has 0 spiro atoms.